The standard InChI is InChI=1S/C20H23F2N3O5/c1-9(2)17(19(29)16(22)18(28)12(23)8-15(26)27)24-20(30)14-7-10-6-11(21)4-5-13(10)25(14)3/h4-7,9,12,16-17H,8,23H2,1-3H3,(H,24,30)(H,26,27)/t12?,16?,17-/m0/s1. The first-order chi connectivity index (χ1) is 13.9. The van der Waals surface area contributed by atoms with Gasteiger partial charge in [0.25, 0.3) is 5.91 Å². The van der Waals surface area contributed by atoms with E-state index in [0.717, 1.165) is 0 Å². The molecular weight excluding hydrogens is 400 g/mol. The number of carboxylic acids is 1. The highest BCUT2D eigenvalue weighted by Gasteiger charge is 2.38. The monoisotopic (exact) mass is 423 g/mol. The molecule has 2 aromatic rings. The van der Waals surface area contributed by atoms with Crippen LogP contribution >= 0.6 is 0 Å². The van der Waals surface area contributed by atoms with Crippen molar-refractivity contribution in [3.05, 3.63) is 35.8 Å². The number of ketones is 2. The van der Waals surface area contributed by atoms with Crippen molar-refractivity contribution in [1.82, 2.24) is 9.88 Å². The van der Waals surface area contributed by atoms with E-state index in [1.54, 1.807) is 20.9 Å². The molecule has 2 unspecified atom stereocenters. The number of carboxylic acid groups (broad SMARTS) is 1. The van der Waals surface area contributed by atoms with Crippen LogP contribution < -0.4 is 11.1 Å². The highest BCUT2D eigenvalue weighted by Crippen LogP contribution is 2.20. The Morgan fingerprint density at radius 3 is 2.37 bits per heavy atom. The van der Waals surface area contributed by atoms with Crippen LogP contribution in [0.15, 0.2) is 24.3 Å². The van der Waals surface area contributed by atoms with Gasteiger partial charge in [0.15, 0.2) is 11.6 Å². The zero-order valence-electron chi connectivity index (χ0n) is 16.7. The molecule has 10 heteroatoms. The molecule has 0 aliphatic rings. The van der Waals surface area contributed by atoms with Crippen LogP contribution in [0.1, 0.15) is 30.8 Å². The number of halogens is 2. The number of aliphatic carboxylic acids is 1. The summed E-state index contributed by atoms with van der Waals surface area (Å²) in [5, 5.41) is 11.6. The molecule has 0 spiro atoms. The number of fused-ring (bicyclic) bond motifs is 1. The molecule has 2 rings (SSSR count). The van der Waals surface area contributed by atoms with Crippen LogP contribution in [-0.4, -0.2) is 51.4 Å². The molecule has 0 aliphatic carbocycles. The van der Waals surface area contributed by atoms with Crippen LogP contribution in [-0.2, 0) is 21.4 Å². The van der Waals surface area contributed by atoms with Crippen LogP contribution in [0.2, 0.25) is 0 Å². The smallest absolute Gasteiger partial charge is 0.305 e. The quantitative estimate of drug-likeness (QED) is 0.522. The fourth-order valence-corrected chi connectivity index (χ4v) is 3.09. The summed E-state index contributed by atoms with van der Waals surface area (Å²) >= 11 is 0. The first-order valence-electron chi connectivity index (χ1n) is 9.18. The molecule has 162 valence electrons. The zero-order chi connectivity index (χ0) is 22.7. The first kappa shape index (κ1) is 23.1. The molecule has 1 aromatic heterocycles. The number of carbonyl (C=O) groups excluding carboxylic acids is 3. The number of nitrogens with two attached hydrogens (primary N) is 1. The van der Waals surface area contributed by atoms with Crippen molar-refractivity contribution in [2.45, 2.75) is 38.5 Å². The molecule has 0 saturated heterocycles. The molecule has 0 saturated carbocycles. The fraction of sp³-hybridized carbons (Fsp3) is 0.400. The molecule has 1 heterocycles. The first-order valence-corrected chi connectivity index (χ1v) is 9.18. The van der Waals surface area contributed by atoms with Gasteiger partial charge in [0.05, 0.1) is 18.5 Å². The molecule has 4 N–H and O–H groups in total. The highest BCUT2D eigenvalue weighted by molar-refractivity contribution is 6.11. The lowest BCUT2D eigenvalue weighted by molar-refractivity contribution is -0.142. The molecule has 0 fully saturated rings. The lowest BCUT2D eigenvalue weighted by atomic mass is 9.93. The van der Waals surface area contributed by atoms with E-state index < -0.39 is 59.9 Å². The number of hydrogen-bond donors (Lipinski definition) is 3. The van der Waals surface area contributed by atoms with Crippen molar-refractivity contribution in [3.63, 3.8) is 0 Å². The Morgan fingerprint density at radius 1 is 1.17 bits per heavy atom. The summed E-state index contributed by atoms with van der Waals surface area (Å²) in [4.78, 5) is 47.9. The van der Waals surface area contributed by atoms with Crippen molar-refractivity contribution < 1.29 is 33.1 Å². The minimum Gasteiger partial charge on any atom is -0.481 e. The second kappa shape index (κ2) is 9.12. The van der Waals surface area contributed by atoms with Crippen LogP contribution in [0, 0.1) is 11.7 Å². The summed E-state index contributed by atoms with van der Waals surface area (Å²) in [7, 11) is 1.58. The van der Waals surface area contributed by atoms with Crippen molar-refractivity contribution in [1.29, 1.82) is 0 Å². The average molecular weight is 423 g/mol. The Kier molecular flexibility index (Phi) is 7.04. The number of nitrogens with zero attached hydrogens (tertiary/aromatic N) is 1. The number of amides is 1. The Labute approximate surface area is 171 Å². The van der Waals surface area contributed by atoms with Gasteiger partial charge in [-0.1, -0.05) is 13.8 Å². The molecular formula is C20H23F2N3O5. The van der Waals surface area contributed by atoms with Crippen LogP contribution in [0.4, 0.5) is 8.78 Å². The van der Waals surface area contributed by atoms with E-state index in [9.17, 15) is 28.0 Å². The Hall–Kier alpha value is -3.14. The molecule has 1 aromatic carbocycles. The molecule has 30 heavy (non-hydrogen) atoms. The Balaban J connectivity index is 2.23. The molecule has 0 aliphatic heterocycles. The number of Topliss-reactive ketones (excluding diaryl/α,β-unsaturated/α-hetero) is 2. The summed E-state index contributed by atoms with van der Waals surface area (Å²) in [5.41, 5.74) is 6.04. The third kappa shape index (κ3) is 4.88. The number of alkyl halides is 1. The maximum absolute atomic E-state index is 14.5. The van der Waals surface area contributed by atoms with E-state index in [4.69, 9.17) is 10.8 Å². The van der Waals surface area contributed by atoms with Gasteiger partial charge in [0.1, 0.15) is 11.5 Å². The third-order valence-corrected chi connectivity index (χ3v) is 4.76. The molecule has 0 radical (unpaired) electrons. The van der Waals surface area contributed by atoms with Gasteiger partial charge in [-0.2, -0.15) is 0 Å². The van der Waals surface area contributed by atoms with Gasteiger partial charge in [0, 0.05) is 18.0 Å². The Morgan fingerprint density at radius 2 is 1.80 bits per heavy atom. The van der Waals surface area contributed by atoms with Gasteiger partial charge in [-0.05, 0) is 30.2 Å². The maximum atomic E-state index is 14.5. The molecule has 8 nitrogen and oxygen atoms in total. The normalized spacial score (nSPS) is 14.4. The van der Waals surface area contributed by atoms with Crippen LogP contribution in [0.25, 0.3) is 10.9 Å². The van der Waals surface area contributed by atoms with E-state index in [-0.39, 0.29) is 5.69 Å². The van der Waals surface area contributed by atoms with Crippen LogP contribution in [0.5, 0.6) is 0 Å². The summed E-state index contributed by atoms with van der Waals surface area (Å²) in [6.07, 6.45) is -3.49. The Bertz CT molecular complexity index is 1000. The van der Waals surface area contributed by atoms with Gasteiger partial charge in [-0.3, -0.25) is 19.2 Å². The number of benzene rings is 1. The van der Waals surface area contributed by atoms with Gasteiger partial charge in [-0.25, -0.2) is 8.78 Å². The lowest BCUT2D eigenvalue weighted by Gasteiger charge is -2.23. The molecule has 3 atom stereocenters. The van der Waals surface area contributed by atoms with Crippen molar-refractivity contribution in [2.75, 3.05) is 0 Å². The number of aromatic nitrogens is 1. The fourth-order valence-electron chi connectivity index (χ4n) is 3.09. The maximum Gasteiger partial charge on any atom is 0.305 e. The molecule has 0 bridgehead atoms. The minimum absolute atomic E-state index is 0.110. The predicted octanol–water partition coefficient (Wildman–Crippen LogP) is 1.35. The number of carbonyl (C=O) groups is 4. The van der Waals surface area contributed by atoms with E-state index in [1.165, 1.54) is 28.8 Å². The number of hydrogen-bond acceptors (Lipinski definition) is 5. The van der Waals surface area contributed by atoms with Crippen molar-refractivity contribution in [2.24, 2.45) is 18.7 Å². The second-order valence-corrected chi connectivity index (χ2v) is 7.36. The largest absolute Gasteiger partial charge is 0.481 e. The van der Waals surface area contributed by atoms with Crippen LogP contribution in [0.3, 0.4) is 0 Å². The van der Waals surface area contributed by atoms with Crippen molar-refractivity contribution in [3.8, 4) is 0 Å². The van der Waals surface area contributed by atoms with Gasteiger partial charge in [0.2, 0.25) is 6.17 Å². The third-order valence-electron chi connectivity index (χ3n) is 4.76. The van der Waals surface area contributed by atoms with Gasteiger partial charge >= 0.3 is 5.97 Å². The highest BCUT2D eigenvalue weighted by atomic mass is 19.1. The van der Waals surface area contributed by atoms with E-state index in [2.05, 4.69) is 5.32 Å². The predicted molar refractivity (Wildman–Crippen MR) is 104 cm³/mol. The molecule has 1 amide bonds. The second-order valence-electron chi connectivity index (χ2n) is 7.36. The zero-order valence-corrected chi connectivity index (χ0v) is 16.7. The number of aryl methyl sites for hydroxylation is 1. The SMILES string of the molecule is CC(C)[C@H](NC(=O)c1cc2cc(F)ccc2n1C)C(=O)C(F)C(=O)C(N)CC(=O)O. The van der Waals surface area contributed by atoms with E-state index in [0.29, 0.717) is 10.9 Å². The van der Waals surface area contributed by atoms with E-state index >= 15 is 0 Å². The summed E-state index contributed by atoms with van der Waals surface area (Å²) in [6, 6.07) is 2.37. The van der Waals surface area contributed by atoms with Gasteiger partial charge < -0.3 is 20.7 Å². The number of rotatable bonds is 9. The van der Waals surface area contributed by atoms with Crippen molar-refractivity contribution >= 4 is 34.3 Å². The topological polar surface area (TPSA) is 131 Å². The summed E-state index contributed by atoms with van der Waals surface area (Å²) < 4.78 is 29.4. The summed E-state index contributed by atoms with van der Waals surface area (Å²) in [5.74, 6) is -5.74. The average Bonchev–Trinajstić information content (AvgIpc) is 2.99. The number of nitrogens with one attached hydrogen (secondary N) is 1. The summed E-state index contributed by atoms with van der Waals surface area (Å²) in [6.45, 7) is 3.10. The minimum atomic E-state index is -2.67. The van der Waals surface area contributed by atoms with E-state index in [1.807, 2.05) is 0 Å². The lowest BCUT2D eigenvalue weighted by Crippen LogP contribution is -2.52. The van der Waals surface area contributed by atoms with Gasteiger partial charge in [-0.15, -0.1) is 0 Å².